The van der Waals surface area contributed by atoms with Crippen LogP contribution in [0.3, 0.4) is 0 Å². The third-order valence-electron chi connectivity index (χ3n) is 3.63. The number of ether oxygens (including phenoxy) is 1. The SMILES string of the molecule is CCCNC(c1cc2cc(Cl)ccc2o1)C1CSCCO1. The van der Waals surface area contributed by atoms with Crippen molar-refractivity contribution in [2.45, 2.75) is 25.5 Å². The molecule has 1 fully saturated rings. The number of fused-ring (bicyclic) bond motifs is 1. The van der Waals surface area contributed by atoms with Gasteiger partial charge in [0.05, 0.1) is 18.8 Å². The maximum atomic E-state index is 6.05. The van der Waals surface area contributed by atoms with Crippen molar-refractivity contribution in [2.75, 3.05) is 24.7 Å². The Bertz CT molecular complexity index is 595. The summed E-state index contributed by atoms with van der Waals surface area (Å²) in [6.45, 7) is 3.93. The molecule has 2 unspecified atom stereocenters. The lowest BCUT2D eigenvalue weighted by Gasteiger charge is -2.29. The summed E-state index contributed by atoms with van der Waals surface area (Å²) in [5.41, 5.74) is 0.876. The molecule has 2 heterocycles. The molecule has 2 aromatic rings. The van der Waals surface area contributed by atoms with Crippen molar-refractivity contribution in [1.82, 2.24) is 5.32 Å². The van der Waals surface area contributed by atoms with Crippen LogP contribution in [0.4, 0.5) is 0 Å². The summed E-state index contributed by atoms with van der Waals surface area (Å²) in [6, 6.07) is 7.91. The van der Waals surface area contributed by atoms with Gasteiger partial charge in [-0.1, -0.05) is 18.5 Å². The van der Waals surface area contributed by atoms with Crippen LogP contribution in [0.15, 0.2) is 28.7 Å². The zero-order chi connectivity index (χ0) is 14.7. The number of benzene rings is 1. The molecule has 21 heavy (non-hydrogen) atoms. The molecule has 114 valence electrons. The standard InChI is InChI=1S/C16H20ClNO2S/c1-2-5-18-16(15-10-21-7-6-19-15)14-9-11-8-12(17)3-4-13(11)20-14/h3-4,8-9,15-16,18H,2,5-7,10H2,1H3. The molecule has 0 saturated carbocycles. The fourth-order valence-corrected chi connectivity index (χ4v) is 3.68. The minimum atomic E-state index is 0.101. The van der Waals surface area contributed by atoms with Gasteiger partial charge in [0, 0.05) is 21.9 Å². The van der Waals surface area contributed by atoms with Gasteiger partial charge >= 0.3 is 0 Å². The van der Waals surface area contributed by atoms with Crippen LogP contribution in [0.1, 0.15) is 25.1 Å². The van der Waals surface area contributed by atoms with Crippen LogP contribution in [0.2, 0.25) is 5.02 Å². The molecule has 5 heteroatoms. The van der Waals surface area contributed by atoms with Crippen molar-refractivity contribution >= 4 is 34.3 Å². The van der Waals surface area contributed by atoms with Gasteiger partial charge in [0.25, 0.3) is 0 Å². The van der Waals surface area contributed by atoms with Crippen LogP contribution in [0.25, 0.3) is 11.0 Å². The van der Waals surface area contributed by atoms with E-state index in [1.54, 1.807) is 0 Å². The molecule has 1 saturated heterocycles. The lowest BCUT2D eigenvalue weighted by atomic mass is 10.1. The van der Waals surface area contributed by atoms with Crippen LogP contribution in [-0.4, -0.2) is 30.8 Å². The third kappa shape index (κ3) is 3.57. The molecule has 1 aromatic heterocycles. The maximum Gasteiger partial charge on any atom is 0.134 e. The monoisotopic (exact) mass is 325 g/mol. The Hall–Kier alpha value is -0.680. The van der Waals surface area contributed by atoms with E-state index in [1.807, 2.05) is 30.0 Å². The third-order valence-corrected chi connectivity index (χ3v) is 4.89. The predicted molar refractivity (Wildman–Crippen MR) is 89.3 cm³/mol. The topological polar surface area (TPSA) is 34.4 Å². The van der Waals surface area contributed by atoms with Crippen LogP contribution in [0.5, 0.6) is 0 Å². The first kappa shape index (κ1) is 15.2. The van der Waals surface area contributed by atoms with E-state index in [2.05, 4.69) is 18.3 Å². The maximum absolute atomic E-state index is 6.05. The van der Waals surface area contributed by atoms with Crippen LogP contribution in [-0.2, 0) is 4.74 Å². The lowest BCUT2D eigenvalue weighted by molar-refractivity contribution is 0.0414. The van der Waals surface area contributed by atoms with Gasteiger partial charge in [0.2, 0.25) is 0 Å². The van der Waals surface area contributed by atoms with Crippen molar-refractivity contribution in [3.8, 4) is 0 Å². The molecule has 3 nitrogen and oxygen atoms in total. The number of nitrogens with one attached hydrogen (secondary N) is 1. The lowest BCUT2D eigenvalue weighted by Crippen LogP contribution is -2.38. The highest BCUT2D eigenvalue weighted by Crippen LogP contribution is 2.31. The van der Waals surface area contributed by atoms with Crippen molar-refractivity contribution in [3.63, 3.8) is 0 Å². The second-order valence-corrected chi connectivity index (χ2v) is 6.83. The van der Waals surface area contributed by atoms with Crippen molar-refractivity contribution < 1.29 is 9.15 Å². The Morgan fingerprint density at radius 3 is 3.10 bits per heavy atom. The fourth-order valence-electron chi connectivity index (χ4n) is 2.60. The van der Waals surface area contributed by atoms with E-state index in [9.17, 15) is 0 Å². The average Bonchev–Trinajstić information content (AvgIpc) is 2.91. The van der Waals surface area contributed by atoms with E-state index in [0.717, 1.165) is 52.8 Å². The molecule has 1 aromatic carbocycles. The Kier molecular flexibility index (Phi) is 5.11. The molecule has 3 rings (SSSR count). The number of furan rings is 1. The van der Waals surface area contributed by atoms with Crippen LogP contribution < -0.4 is 5.32 Å². The summed E-state index contributed by atoms with van der Waals surface area (Å²) in [4.78, 5) is 0. The summed E-state index contributed by atoms with van der Waals surface area (Å²) in [7, 11) is 0. The van der Waals surface area contributed by atoms with E-state index in [0.29, 0.717) is 0 Å². The molecule has 0 amide bonds. The summed E-state index contributed by atoms with van der Waals surface area (Å²) in [5.74, 6) is 3.01. The van der Waals surface area contributed by atoms with E-state index < -0.39 is 0 Å². The van der Waals surface area contributed by atoms with Crippen LogP contribution in [0, 0.1) is 0 Å². The summed E-state index contributed by atoms with van der Waals surface area (Å²) >= 11 is 8.00. The number of hydrogen-bond acceptors (Lipinski definition) is 4. The van der Waals surface area contributed by atoms with Crippen molar-refractivity contribution in [3.05, 3.63) is 35.0 Å². The first-order valence-electron chi connectivity index (χ1n) is 7.39. The number of hydrogen-bond donors (Lipinski definition) is 1. The zero-order valence-corrected chi connectivity index (χ0v) is 13.7. The highest BCUT2D eigenvalue weighted by atomic mass is 35.5. The highest BCUT2D eigenvalue weighted by Gasteiger charge is 2.28. The van der Waals surface area contributed by atoms with Gasteiger partial charge in [0.15, 0.2) is 0 Å². The van der Waals surface area contributed by atoms with Gasteiger partial charge in [0.1, 0.15) is 11.3 Å². The zero-order valence-electron chi connectivity index (χ0n) is 12.1. The van der Waals surface area contributed by atoms with Crippen LogP contribution >= 0.6 is 23.4 Å². The van der Waals surface area contributed by atoms with E-state index in [-0.39, 0.29) is 12.1 Å². The molecule has 2 atom stereocenters. The highest BCUT2D eigenvalue weighted by molar-refractivity contribution is 7.99. The van der Waals surface area contributed by atoms with Gasteiger partial charge in [-0.25, -0.2) is 0 Å². The van der Waals surface area contributed by atoms with E-state index >= 15 is 0 Å². The minimum Gasteiger partial charge on any atom is -0.459 e. The molecular weight excluding hydrogens is 306 g/mol. The number of halogens is 1. The predicted octanol–water partition coefficient (Wildman–Crippen LogP) is 4.26. The van der Waals surface area contributed by atoms with Gasteiger partial charge in [-0.3, -0.25) is 0 Å². The molecule has 0 spiro atoms. The largest absolute Gasteiger partial charge is 0.459 e. The second kappa shape index (κ2) is 7.05. The van der Waals surface area contributed by atoms with Crippen molar-refractivity contribution in [2.24, 2.45) is 0 Å². The van der Waals surface area contributed by atoms with E-state index in [1.165, 1.54) is 0 Å². The molecule has 1 N–H and O–H groups in total. The second-order valence-electron chi connectivity index (χ2n) is 5.25. The van der Waals surface area contributed by atoms with Gasteiger partial charge in [-0.15, -0.1) is 0 Å². The summed E-state index contributed by atoms with van der Waals surface area (Å²) in [6.07, 6.45) is 1.24. The smallest absolute Gasteiger partial charge is 0.134 e. The molecular formula is C16H20ClNO2S. The Morgan fingerprint density at radius 2 is 2.33 bits per heavy atom. The Morgan fingerprint density at radius 1 is 1.43 bits per heavy atom. The van der Waals surface area contributed by atoms with Gasteiger partial charge in [-0.05, 0) is 37.2 Å². The van der Waals surface area contributed by atoms with Crippen molar-refractivity contribution in [1.29, 1.82) is 0 Å². The Labute approximate surface area is 134 Å². The first-order valence-corrected chi connectivity index (χ1v) is 8.93. The molecule has 1 aliphatic heterocycles. The normalized spacial score (nSPS) is 20.8. The summed E-state index contributed by atoms with van der Waals surface area (Å²) < 4.78 is 12.0. The average molecular weight is 326 g/mol. The van der Waals surface area contributed by atoms with E-state index in [4.69, 9.17) is 20.8 Å². The van der Waals surface area contributed by atoms with Gasteiger partial charge < -0.3 is 14.5 Å². The van der Waals surface area contributed by atoms with Gasteiger partial charge in [-0.2, -0.15) is 11.8 Å². The number of thioether (sulfide) groups is 1. The molecule has 0 radical (unpaired) electrons. The Balaban J connectivity index is 1.88. The molecule has 0 aliphatic carbocycles. The first-order chi connectivity index (χ1) is 10.3. The summed E-state index contributed by atoms with van der Waals surface area (Å²) in [5, 5.41) is 5.35. The molecule has 1 aliphatic rings. The number of rotatable bonds is 5. The fraction of sp³-hybridized carbons (Fsp3) is 0.500. The quantitative estimate of drug-likeness (QED) is 0.890. The molecule has 0 bridgehead atoms. The minimum absolute atomic E-state index is 0.101.